The fraction of sp³-hybridized carbons (Fsp3) is 0.167. The normalized spacial score (nSPS) is 10.7. The van der Waals surface area contributed by atoms with Gasteiger partial charge in [-0.05, 0) is 37.6 Å². The molecule has 1 N–H and O–H groups in total. The van der Waals surface area contributed by atoms with Crippen LogP contribution in [0.5, 0.6) is 0 Å². The van der Waals surface area contributed by atoms with E-state index in [1.165, 1.54) is 0 Å². The number of halogens is 1. The Labute approximate surface area is 97.7 Å². The van der Waals surface area contributed by atoms with Crippen LogP contribution in [0.3, 0.4) is 0 Å². The molecule has 0 fully saturated rings. The lowest BCUT2D eigenvalue weighted by Crippen LogP contribution is -2.05. The largest absolute Gasteiger partial charge is 0.478 e. The number of aryl methyl sites for hydroxylation is 2. The van der Waals surface area contributed by atoms with Crippen molar-refractivity contribution in [3.63, 3.8) is 0 Å². The van der Waals surface area contributed by atoms with Crippen LogP contribution in [0.15, 0.2) is 18.2 Å². The number of hydrogen-bond donors (Lipinski definition) is 1. The third-order valence-electron chi connectivity index (χ3n) is 2.60. The lowest BCUT2D eigenvalue weighted by molar-refractivity contribution is 0.0695. The number of fused-ring (bicyclic) bond motifs is 1. The van der Waals surface area contributed by atoms with Gasteiger partial charge in [0.05, 0.1) is 16.8 Å². The molecule has 4 heteroatoms. The van der Waals surface area contributed by atoms with Crippen molar-refractivity contribution in [2.45, 2.75) is 13.8 Å². The second-order valence-electron chi connectivity index (χ2n) is 3.66. The van der Waals surface area contributed by atoms with Crippen LogP contribution in [0.25, 0.3) is 10.9 Å². The molecule has 1 aromatic heterocycles. The first-order valence-electron chi connectivity index (χ1n) is 4.80. The van der Waals surface area contributed by atoms with Crippen molar-refractivity contribution in [2.24, 2.45) is 0 Å². The molecule has 0 aliphatic carbocycles. The van der Waals surface area contributed by atoms with E-state index in [0.29, 0.717) is 16.3 Å². The highest BCUT2D eigenvalue weighted by atomic mass is 35.5. The van der Waals surface area contributed by atoms with Crippen LogP contribution in [0, 0.1) is 13.8 Å². The Hall–Kier alpha value is -1.61. The van der Waals surface area contributed by atoms with Gasteiger partial charge in [-0.1, -0.05) is 11.6 Å². The maximum atomic E-state index is 11.1. The Kier molecular flexibility index (Phi) is 2.56. The average molecular weight is 236 g/mol. The predicted molar refractivity (Wildman–Crippen MR) is 63.2 cm³/mol. The SMILES string of the molecule is Cc1nc2ccc(Cl)cc2c(C)c1C(=O)O. The zero-order chi connectivity index (χ0) is 11.9. The van der Waals surface area contributed by atoms with Gasteiger partial charge < -0.3 is 5.11 Å². The molecule has 0 unspecified atom stereocenters. The number of carbonyl (C=O) groups is 1. The van der Waals surface area contributed by atoms with Crippen molar-refractivity contribution in [3.8, 4) is 0 Å². The Bertz CT molecular complexity index is 593. The summed E-state index contributed by atoms with van der Waals surface area (Å²) in [7, 11) is 0. The van der Waals surface area contributed by atoms with Gasteiger partial charge in [-0.25, -0.2) is 4.79 Å². The summed E-state index contributed by atoms with van der Waals surface area (Å²) in [4.78, 5) is 15.4. The van der Waals surface area contributed by atoms with E-state index in [9.17, 15) is 4.79 Å². The maximum absolute atomic E-state index is 11.1. The van der Waals surface area contributed by atoms with E-state index < -0.39 is 5.97 Å². The van der Waals surface area contributed by atoms with Crippen LogP contribution in [0.4, 0.5) is 0 Å². The van der Waals surface area contributed by atoms with Gasteiger partial charge in [-0.3, -0.25) is 4.98 Å². The van der Waals surface area contributed by atoms with Crippen LogP contribution < -0.4 is 0 Å². The summed E-state index contributed by atoms with van der Waals surface area (Å²) in [5.41, 5.74) is 2.26. The molecule has 0 atom stereocenters. The van der Waals surface area contributed by atoms with Crippen molar-refractivity contribution >= 4 is 28.5 Å². The summed E-state index contributed by atoms with van der Waals surface area (Å²) in [5, 5.41) is 10.5. The van der Waals surface area contributed by atoms with E-state index in [-0.39, 0.29) is 5.56 Å². The number of aromatic carboxylic acids is 1. The first-order chi connectivity index (χ1) is 7.50. The van der Waals surface area contributed by atoms with Crippen molar-refractivity contribution in [2.75, 3.05) is 0 Å². The molecule has 0 bridgehead atoms. The molecule has 0 spiro atoms. The molecule has 82 valence electrons. The number of hydrogen-bond acceptors (Lipinski definition) is 2. The molecule has 3 nitrogen and oxygen atoms in total. The zero-order valence-corrected chi connectivity index (χ0v) is 9.67. The summed E-state index contributed by atoms with van der Waals surface area (Å²) >= 11 is 5.89. The van der Waals surface area contributed by atoms with Crippen LogP contribution >= 0.6 is 11.6 Å². The fourth-order valence-corrected chi connectivity index (χ4v) is 2.04. The van der Waals surface area contributed by atoms with Gasteiger partial charge in [-0.15, -0.1) is 0 Å². The number of carboxylic acid groups (broad SMARTS) is 1. The second kappa shape index (κ2) is 3.76. The number of rotatable bonds is 1. The average Bonchev–Trinajstić information content (AvgIpc) is 2.19. The van der Waals surface area contributed by atoms with Crippen LogP contribution in [-0.2, 0) is 0 Å². The van der Waals surface area contributed by atoms with Crippen LogP contribution in [0.1, 0.15) is 21.6 Å². The standard InChI is InChI=1S/C12H10ClNO2/c1-6-9-5-8(13)3-4-10(9)14-7(2)11(6)12(15)16/h3-5H,1-2H3,(H,15,16). The van der Waals surface area contributed by atoms with E-state index >= 15 is 0 Å². The lowest BCUT2D eigenvalue weighted by atomic mass is 10.0. The monoisotopic (exact) mass is 235 g/mol. The molecular weight excluding hydrogens is 226 g/mol. The quantitative estimate of drug-likeness (QED) is 0.826. The Morgan fingerprint density at radius 2 is 2.06 bits per heavy atom. The molecule has 0 aliphatic rings. The topological polar surface area (TPSA) is 50.2 Å². The summed E-state index contributed by atoms with van der Waals surface area (Å²) in [6.07, 6.45) is 0. The minimum Gasteiger partial charge on any atom is -0.478 e. The summed E-state index contributed by atoms with van der Waals surface area (Å²) in [6, 6.07) is 5.28. The molecule has 0 aliphatic heterocycles. The van der Waals surface area contributed by atoms with Gasteiger partial charge in [-0.2, -0.15) is 0 Å². The first-order valence-corrected chi connectivity index (χ1v) is 5.18. The van der Waals surface area contributed by atoms with E-state index in [4.69, 9.17) is 16.7 Å². The highest BCUT2D eigenvalue weighted by Crippen LogP contribution is 2.25. The van der Waals surface area contributed by atoms with E-state index in [1.807, 2.05) is 0 Å². The molecule has 0 radical (unpaired) electrons. The molecule has 1 aromatic carbocycles. The van der Waals surface area contributed by atoms with Gasteiger partial charge in [0.1, 0.15) is 0 Å². The molecule has 2 rings (SSSR count). The number of nitrogens with zero attached hydrogens (tertiary/aromatic N) is 1. The zero-order valence-electron chi connectivity index (χ0n) is 8.91. The van der Waals surface area contributed by atoms with Gasteiger partial charge in [0.25, 0.3) is 0 Å². The van der Waals surface area contributed by atoms with Crippen LogP contribution in [0.2, 0.25) is 5.02 Å². The third-order valence-corrected chi connectivity index (χ3v) is 2.84. The highest BCUT2D eigenvalue weighted by molar-refractivity contribution is 6.31. The summed E-state index contributed by atoms with van der Waals surface area (Å²) in [5.74, 6) is -0.954. The summed E-state index contributed by atoms with van der Waals surface area (Å²) < 4.78 is 0. The Balaban J connectivity index is 2.90. The van der Waals surface area contributed by atoms with Gasteiger partial charge in [0.15, 0.2) is 0 Å². The van der Waals surface area contributed by atoms with E-state index in [2.05, 4.69) is 4.98 Å². The Morgan fingerprint density at radius 1 is 1.38 bits per heavy atom. The number of carboxylic acids is 1. The van der Waals surface area contributed by atoms with Crippen molar-refractivity contribution in [3.05, 3.63) is 40.0 Å². The predicted octanol–water partition coefficient (Wildman–Crippen LogP) is 3.20. The van der Waals surface area contributed by atoms with Gasteiger partial charge >= 0.3 is 5.97 Å². The number of benzene rings is 1. The van der Waals surface area contributed by atoms with Crippen molar-refractivity contribution < 1.29 is 9.90 Å². The molecule has 1 heterocycles. The van der Waals surface area contributed by atoms with Gasteiger partial charge in [0.2, 0.25) is 0 Å². The molecule has 16 heavy (non-hydrogen) atoms. The van der Waals surface area contributed by atoms with Gasteiger partial charge in [0, 0.05) is 10.4 Å². The number of pyridine rings is 1. The van der Waals surface area contributed by atoms with Crippen molar-refractivity contribution in [1.29, 1.82) is 0 Å². The minimum absolute atomic E-state index is 0.259. The van der Waals surface area contributed by atoms with E-state index in [0.717, 1.165) is 10.9 Å². The molecule has 0 amide bonds. The highest BCUT2D eigenvalue weighted by Gasteiger charge is 2.15. The van der Waals surface area contributed by atoms with E-state index in [1.54, 1.807) is 32.0 Å². The molecule has 2 aromatic rings. The van der Waals surface area contributed by atoms with Crippen LogP contribution in [-0.4, -0.2) is 16.1 Å². The minimum atomic E-state index is -0.954. The summed E-state index contributed by atoms with van der Waals surface area (Å²) in [6.45, 7) is 3.47. The molecule has 0 saturated carbocycles. The first kappa shape index (κ1) is 10.9. The molecular formula is C12H10ClNO2. The number of aromatic nitrogens is 1. The smallest absolute Gasteiger partial charge is 0.337 e. The Morgan fingerprint density at radius 3 is 2.69 bits per heavy atom. The second-order valence-corrected chi connectivity index (χ2v) is 4.10. The third kappa shape index (κ3) is 1.63. The fourth-order valence-electron chi connectivity index (χ4n) is 1.86. The lowest BCUT2D eigenvalue weighted by Gasteiger charge is -2.08. The van der Waals surface area contributed by atoms with Crippen molar-refractivity contribution in [1.82, 2.24) is 4.98 Å². The maximum Gasteiger partial charge on any atom is 0.337 e. The molecule has 0 saturated heterocycles.